The highest BCUT2D eigenvalue weighted by Crippen LogP contribution is 2.31. The minimum Gasteiger partial charge on any atom is -0.486 e. The Morgan fingerprint density at radius 2 is 1.91 bits per heavy atom. The Hall–Kier alpha value is -3.19. The molecule has 0 amide bonds. The topological polar surface area (TPSA) is 58.8 Å². The van der Waals surface area contributed by atoms with Gasteiger partial charge in [0.15, 0.2) is 11.4 Å². The van der Waals surface area contributed by atoms with Crippen molar-refractivity contribution in [2.75, 3.05) is 0 Å². The number of ether oxygens (including phenoxy) is 1. The molecule has 0 spiro atoms. The normalized spacial score (nSPS) is 10.1. The number of hydrogen-bond acceptors (Lipinski definition) is 4. The Morgan fingerprint density at radius 1 is 1.09 bits per heavy atom. The fraction of sp³-hybridized carbons (Fsp3) is 0.105. The van der Waals surface area contributed by atoms with Gasteiger partial charge >= 0.3 is 0 Å². The van der Waals surface area contributed by atoms with Gasteiger partial charge in [-0.25, -0.2) is 4.98 Å². The molecule has 0 radical (unpaired) electrons. The van der Waals surface area contributed by atoms with E-state index in [4.69, 9.17) is 4.74 Å². The van der Waals surface area contributed by atoms with Crippen LogP contribution in [0.3, 0.4) is 0 Å². The van der Waals surface area contributed by atoms with Gasteiger partial charge in [0.25, 0.3) is 0 Å². The molecule has 0 fully saturated rings. The highest BCUT2D eigenvalue weighted by molar-refractivity contribution is 5.69. The van der Waals surface area contributed by atoms with Gasteiger partial charge in [0, 0.05) is 35.3 Å². The molecule has 0 atom stereocenters. The van der Waals surface area contributed by atoms with E-state index < -0.39 is 0 Å². The summed E-state index contributed by atoms with van der Waals surface area (Å²) in [5.41, 5.74) is 4.10. The number of aromatic nitrogens is 2. The lowest BCUT2D eigenvalue weighted by atomic mass is 10.0. The molecule has 2 aromatic heterocycles. The molecule has 0 unspecified atom stereocenters. The van der Waals surface area contributed by atoms with Crippen molar-refractivity contribution in [3.63, 3.8) is 0 Å². The summed E-state index contributed by atoms with van der Waals surface area (Å²) >= 11 is 0. The molecular formula is C19H15N3O. The number of benzene rings is 1. The molecule has 112 valence electrons. The Labute approximate surface area is 135 Å². The largest absolute Gasteiger partial charge is 0.486 e. The number of hydrogen-bond donors (Lipinski definition) is 0. The molecule has 0 aliphatic heterocycles. The summed E-state index contributed by atoms with van der Waals surface area (Å²) in [6, 6.07) is 15.8. The van der Waals surface area contributed by atoms with Crippen LogP contribution in [0.25, 0.3) is 11.1 Å². The zero-order chi connectivity index (χ0) is 16.1. The van der Waals surface area contributed by atoms with Crippen LogP contribution < -0.4 is 4.74 Å². The van der Waals surface area contributed by atoms with E-state index in [0.29, 0.717) is 18.1 Å². The maximum absolute atomic E-state index is 9.30. The fourth-order valence-corrected chi connectivity index (χ4v) is 2.38. The first-order valence-electron chi connectivity index (χ1n) is 7.26. The third kappa shape index (κ3) is 3.19. The standard InChI is InChI=1S/C19H15N3O/c1-14-17(16-8-5-9-21-11-16)12-22-18(10-20)19(14)23-13-15-6-3-2-4-7-15/h2-9,11-12H,13H2,1H3. The minimum absolute atomic E-state index is 0.297. The second kappa shape index (κ2) is 6.71. The van der Waals surface area contributed by atoms with Crippen LogP contribution in [0.1, 0.15) is 16.8 Å². The van der Waals surface area contributed by atoms with E-state index in [9.17, 15) is 5.26 Å². The Balaban J connectivity index is 1.96. The molecule has 3 aromatic rings. The quantitative estimate of drug-likeness (QED) is 0.733. The highest BCUT2D eigenvalue weighted by atomic mass is 16.5. The van der Waals surface area contributed by atoms with Gasteiger partial charge < -0.3 is 4.74 Å². The van der Waals surface area contributed by atoms with Crippen LogP contribution in [-0.2, 0) is 6.61 Å². The van der Waals surface area contributed by atoms with Crippen LogP contribution in [0.5, 0.6) is 5.75 Å². The first-order valence-corrected chi connectivity index (χ1v) is 7.26. The van der Waals surface area contributed by atoms with Gasteiger partial charge in [-0.05, 0) is 18.6 Å². The van der Waals surface area contributed by atoms with Crippen LogP contribution in [0.4, 0.5) is 0 Å². The maximum Gasteiger partial charge on any atom is 0.182 e. The monoisotopic (exact) mass is 301 g/mol. The van der Waals surface area contributed by atoms with E-state index >= 15 is 0 Å². The molecule has 3 rings (SSSR count). The van der Waals surface area contributed by atoms with E-state index in [1.54, 1.807) is 18.6 Å². The first kappa shape index (κ1) is 14.7. The van der Waals surface area contributed by atoms with Crippen molar-refractivity contribution in [1.82, 2.24) is 9.97 Å². The molecule has 0 saturated heterocycles. The van der Waals surface area contributed by atoms with E-state index in [1.807, 2.05) is 49.4 Å². The molecule has 4 heteroatoms. The van der Waals surface area contributed by atoms with Gasteiger partial charge in [-0.1, -0.05) is 36.4 Å². The molecule has 1 aromatic carbocycles. The van der Waals surface area contributed by atoms with Crippen LogP contribution in [0.15, 0.2) is 61.1 Å². The molecular weight excluding hydrogens is 286 g/mol. The summed E-state index contributed by atoms with van der Waals surface area (Å²) in [4.78, 5) is 8.37. The SMILES string of the molecule is Cc1c(-c2cccnc2)cnc(C#N)c1OCc1ccccc1. The summed E-state index contributed by atoms with van der Waals surface area (Å²) in [6.45, 7) is 2.33. The number of nitrogens with zero attached hydrogens (tertiary/aromatic N) is 3. The van der Waals surface area contributed by atoms with Gasteiger partial charge in [0.05, 0.1) is 0 Å². The molecule has 23 heavy (non-hydrogen) atoms. The average Bonchev–Trinajstić information content (AvgIpc) is 2.62. The second-order valence-corrected chi connectivity index (χ2v) is 5.10. The Morgan fingerprint density at radius 3 is 2.61 bits per heavy atom. The molecule has 0 aliphatic carbocycles. The van der Waals surface area contributed by atoms with Gasteiger partial charge in [-0.3, -0.25) is 4.98 Å². The lowest BCUT2D eigenvalue weighted by molar-refractivity contribution is 0.302. The Kier molecular flexibility index (Phi) is 4.30. The number of pyridine rings is 2. The van der Waals surface area contributed by atoms with Crippen molar-refractivity contribution in [1.29, 1.82) is 5.26 Å². The summed E-state index contributed by atoms with van der Waals surface area (Å²) in [6.07, 6.45) is 5.19. The zero-order valence-corrected chi connectivity index (χ0v) is 12.7. The van der Waals surface area contributed by atoms with Gasteiger partial charge in [0.1, 0.15) is 12.7 Å². The van der Waals surface area contributed by atoms with Crippen molar-refractivity contribution in [3.05, 3.63) is 77.9 Å². The summed E-state index contributed by atoms with van der Waals surface area (Å²) in [7, 11) is 0. The molecule has 0 saturated carbocycles. The van der Waals surface area contributed by atoms with Gasteiger partial charge in [-0.2, -0.15) is 5.26 Å². The lowest BCUT2D eigenvalue weighted by Crippen LogP contribution is -2.02. The van der Waals surface area contributed by atoms with Crippen molar-refractivity contribution in [2.24, 2.45) is 0 Å². The first-order chi connectivity index (χ1) is 11.3. The highest BCUT2D eigenvalue weighted by Gasteiger charge is 2.14. The molecule has 0 N–H and O–H groups in total. The number of rotatable bonds is 4. The zero-order valence-electron chi connectivity index (χ0n) is 12.7. The molecule has 4 nitrogen and oxygen atoms in total. The van der Waals surface area contributed by atoms with Crippen molar-refractivity contribution < 1.29 is 4.74 Å². The minimum atomic E-state index is 0.297. The third-order valence-corrected chi connectivity index (χ3v) is 3.59. The van der Waals surface area contributed by atoms with Crippen LogP contribution in [0, 0.1) is 18.3 Å². The second-order valence-electron chi connectivity index (χ2n) is 5.10. The van der Waals surface area contributed by atoms with Crippen molar-refractivity contribution in [3.8, 4) is 22.9 Å². The van der Waals surface area contributed by atoms with E-state index in [1.165, 1.54) is 0 Å². The van der Waals surface area contributed by atoms with E-state index in [-0.39, 0.29) is 0 Å². The summed E-state index contributed by atoms with van der Waals surface area (Å²) in [5.74, 6) is 0.526. The molecule has 2 heterocycles. The van der Waals surface area contributed by atoms with Crippen LogP contribution in [0.2, 0.25) is 0 Å². The van der Waals surface area contributed by atoms with Crippen molar-refractivity contribution >= 4 is 0 Å². The van der Waals surface area contributed by atoms with E-state index in [2.05, 4.69) is 16.0 Å². The lowest BCUT2D eigenvalue weighted by Gasteiger charge is -2.13. The number of nitriles is 1. The predicted octanol–water partition coefficient (Wildman–Crippen LogP) is 3.90. The predicted molar refractivity (Wildman–Crippen MR) is 87.7 cm³/mol. The molecule has 0 aliphatic rings. The third-order valence-electron chi connectivity index (χ3n) is 3.59. The van der Waals surface area contributed by atoms with Crippen LogP contribution in [-0.4, -0.2) is 9.97 Å². The van der Waals surface area contributed by atoms with Crippen LogP contribution >= 0.6 is 0 Å². The van der Waals surface area contributed by atoms with Gasteiger partial charge in [-0.15, -0.1) is 0 Å². The summed E-state index contributed by atoms with van der Waals surface area (Å²) in [5, 5.41) is 9.30. The average molecular weight is 301 g/mol. The van der Waals surface area contributed by atoms with Gasteiger partial charge in [0.2, 0.25) is 0 Å². The molecule has 0 bridgehead atoms. The Bertz CT molecular complexity index is 840. The van der Waals surface area contributed by atoms with E-state index in [0.717, 1.165) is 22.3 Å². The summed E-state index contributed by atoms with van der Waals surface area (Å²) < 4.78 is 5.90. The van der Waals surface area contributed by atoms with Crippen molar-refractivity contribution in [2.45, 2.75) is 13.5 Å². The maximum atomic E-state index is 9.30. The fourth-order valence-electron chi connectivity index (χ4n) is 2.38. The smallest absolute Gasteiger partial charge is 0.182 e.